The molecule has 1 atom stereocenters. The molecule has 1 saturated heterocycles. The number of rotatable bonds is 6. The van der Waals surface area contributed by atoms with Crippen LogP contribution in [0.15, 0.2) is 24.0 Å². The van der Waals surface area contributed by atoms with Crippen molar-refractivity contribution in [2.24, 2.45) is 5.92 Å². The van der Waals surface area contributed by atoms with Gasteiger partial charge in [-0.3, -0.25) is 9.78 Å². The molecule has 1 aliphatic heterocycles. The van der Waals surface area contributed by atoms with Crippen molar-refractivity contribution in [3.63, 3.8) is 0 Å². The summed E-state index contributed by atoms with van der Waals surface area (Å²) in [5.74, 6) is 0.691. The third-order valence-electron chi connectivity index (χ3n) is 4.92. The average molecular weight is 359 g/mol. The molecule has 0 aliphatic carbocycles. The smallest absolute Gasteiger partial charge is 0.254 e. The van der Waals surface area contributed by atoms with Gasteiger partial charge in [0.05, 0.1) is 11.2 Å². The highest BCUT2D eigenvalue weighted by Gasteiger charge is 2.28. The predicted octanol–water partition coefficient (Wildman–Crippen LogP) is 3.00. The van der Waals surface area contributed by atoms with Crippen LogP contribution in [0.1, 0.15) is 39.8 Å². The molecule has 0 bridgehead atoms. The molecule has 3 heterocycles. The van der Waals surface area contributed by atoms with Gasteiger partial charge in [0.15, 0.2) is 0 Å². The van der Waals surface area contributed by atoms with Gasteiger partial charge in [-0.25, -0.2) is 4.98 Å². The number of aromatic nitrogens is 2. The molecule has 0 spiro atoms. The molecule has 5 nitrogen and oxygen atoms in total. The van der Waals surface area contributed by atoms with Gasteiger partial charge >= 0.3 is 0 Å². The molecular formula is C19H26N4OS. The van der Waals surface area contributed by atoms with E-state index < -0.39 is 0 Å². The second-order valence-electron chi connectivity index (χ2n) is 6.85. The molecule has 134 valence electrons. The zero-order chi connectivity index (χ0) is 17.8. The summed E-state index contributed by atoms with van der Waals surface area (Å²) >= 11 is 1.72. The van der Waals surface area contributed by atoms with Crippen molar-refractivity contribution in [2.75, 3.05) is 26.7 Å². The summed E-state index contributed by atoms with van der Waals surface area (Å²) in [5, 5.41) is 0. The molecule has 0 N–H and O–H groups in total. The number of hydrogen-bond acceptors (Lipinski definition) is 5. The minimum absolute atomic E-state index is 0.155. The van der Waals surface area contributed by atoms with Gasteiger partial charge in [-0.1, -0.05) is 6.92 Å². The number of pyridine rings is 1. The fourth-order valence-electron chi connectivity index (χ4n) is 3.48. The van der Waals surface area contributed by atoms with Crippen molar-refractivity contribution >= 4 is 17.2 Å². The third kappa shape index (κ3) is 4.25. The van der Waals surface area contributed by atoms with E-state index in [2.05, 4.69) is 35.8 Å². The standard InChI is InChI=1S/C19H26N4OS/c1-4-16-9-20-7-5-17(16)19(24)23-8-6-15(11-23)10-22(3)12-18-14(2)21-13-25-18/h5,7,9,13,15H,4,6,8,10-12H2,1-3H3/t15-/m1/s1. The van der Waals surface area contributed by atoms with Gasteiger partial charge in [0.2, 0.25) is 0 Å². The van der Waals surface area contributed by atoms with Crippen molar-refractivity contribution in [2.45, 2.75) is 33.2 Å². The van der Waals surface area contributed by atoms with Crippen LogP contribution in [-0.4, -0.2) is 52.4 Å². The number of likely N-dealkylation sites (tertiary alicyclic amines) is 1. The maximum Gasteiger partial charge on any atom is 0.254 e. The lowest BCUT2D eigenvalue weighted by atomic mass is 10.1. The molecule has 2 aromatic heterocycles. The van der Waals surface area contributed by atoms with Crippen LogP contribution in [0.3, 0.4) is 0 Å². The molecule has 25 heavy (non-hydrogen) atoms. The Balaban J connectivity index is 1.56. The van der Waals surface area contributed by atoms with Crippen molar-refractivity contribution in [1.82, 2.24) is 19.8 Å². The summed E-state index contributed by atoms with van der Waals surface area (Å²) in [6, 6.07) is 1.85. The fourth-order valence-corrected chi connectivity index (χ4v) is 4.34. The number of aryl methyl sites for hydroxylation is 2. The van der Waals surface area contributed by atoms with Crippen LogP contribution in [0.4, 0.5) is 0 Å². The first-order valence-electron chi connectivity index (χ1n) is 8.88. The summed E-state index contributed by atoms with van der Waals surface area (Å²) in [6.07, 6.45) is 5.44. The molecule has 2 aromatic rings. The van der Waals surface area contributed by atoms with E-state index in [4.69, 9.17) is 0 Å². The minimum atomic E-state index is 0.155. The van der Waals surface area contributed by atoms with Crippen molar-refractivity contribution in [3.8, 4) is 0 Å². The fraction of sp³-hybridized carbons (Fsp3) is 0.526. The molecular weight excluding hydrogens is 332 g/mol. The van der Waals surface area contributed by atoms with Gasteiger partial charge in [0.25, 0.3) is 5.91 Å². The van der Waals surface area contributed by atoms with Gasteiger partial charge < -0.3 is 9.80 Å². The van der Waals surface area contributed by atoms with E-state index in [0.717, 1.165) is 55.8 Å². The summed E-state index contributed by atoms with van der Waals surface area (Å²) in [5.41, 5.74) is 4.89. The average Bonchev–Trinajstić information content (AvgIpc) is 3.24. The van der Waals surface area contributed by atoms with E-state index in [1.54, 1.807) is 17.5 Å². The molecule has 1 amide bonds. The Morgan fingerprint density at radius 2 is 2.32 bits per heavy atom. The normalized spacial score (nSPS) is 17.4. The molecule has 6 heteroatoms. The van der Waals surface area contributed by atoms with Crippen LogP contribution >= 0.6 is 11.3 Å². The molecule has 1 fully saturated rings. The van der Waals surface area contributed by atoms with E-state index in [9.17, 15) is 4.79 Å². The van der Waals surface area contributed by atoms with E-state index in [1.165, 1.54) is 4.88 Å². The Hall–Kier alpha value is -1.79. The second kappa shape index (κ2) is 8.06. The Morgan fingerprint density at radius 1 is 1.48 bits per heavy atom. The first kappa shape index (κ1) is 18.0. The molecule has 0 saturated carbocycles. The number of thiazole rings is 1. The Morgan fingerprint density at radius 3 is 3.04 bits per heavy atom. The first-order valence-corrected chi connectivity index (χ1v) is 9.76. The molecule has 1 aliphatic rings. The van der Waals surface area contributed by atoms with Crippen LogP contribution in [0, 0.1) is 12.8 Å². The minimum Gasteiger partial charge on any atom is -0.338 e. The van der Waals surface area contributed by atoms with Gasteiger partial charge in [0, 0.05) is 49.0 Å². The zero-order valence-corrected chi connectivity index (χ0v) is 16.1. The number of amides is 1. The topological polar surface area (TPSA) is 49.3 Å². The number of nitrogens with zero attached hydrogens (tertiary/aromatic N) is 4. The lowest BCUT2D eigenvalue weighted by molar-refractivity contribution is 0.0783. The van der Waals surface area contributed by atoms with E-state index in [-0.39, 0.29) is 5.91 Å². The van der Waals surface area contributed by atoms with E-state index in [1.807, 2.05) is 22.7 Å². The molecule has 3 rings (SSSR count). The quantitative estimate of drug-likeness (QED) is 0.796. The Labute approximate surface area is 153 Å². The number of carbonyl (C=O) groups excluding carboxylic acids is 1. The van der Waals surface area contributed by atoms with Crippen LogP contribution < -0.4 is 0 Å². The van der Waals surface area contributed by atoms with Crippen molar-refractivity contribution < 1.29 is 4.79 Å². The summed E-state index contributed by atoms with van der Waals surface area (Å²) in [6.45, 7) is 7.77. The maximum absolute atomic E-state index is 12.8. The number of hydrogen-bond donors (Lipinski definition) is 0. The Bertz CT molecular complexity index is 730. The SMILES string of the molecule is CCc1cnccc1C(=O)N1CC[C@H](CN(C)Cc2scnc2C)C1. The van der Waals surface area contributed by atoms with Crippen molar-refractivity contribution in [3.05, 3.63) is 45.7 Å². The van der Waals surface area contributed by atoms with Crippen LogP contribution in [0.5, 0.6) is 0 Å². The van der Waals surface area contributed by atoms with Gasteiger partial charge in [-0.05, 0) is 44.4 Å². The van der Waals surface area contributed by atoms with Gasteiger partial charge in [-0.2, -0.15) is 0 Å². The molecule has 0 radical (unpaired) electrons. The Kier molecular flexibility index (Phi) is 5.81. The molecule has 0 aromatic carbocycles. The van der Waals surface area contributed by atoms with Crippen LogP contribution in [0.2, 0.25) is 0 Å². The number of carbonyl (C=O) groups is 1. The van der Waals surface area contributed by atoms with Crippen molar-refractivity contribution in [1.29, 1.82) is 0 Å². The van der Waals surface area contributed by atoms with Gasteiger partial charge in [-0.15, -0.1) is 11.3 Å². The lowest BCUT2D eigenvalue weighted by Crippen LogP contribution is -2.32. The summed E-state index contributed by atoms with van der Waals surface area (Å²) in [7, 11) is 2.15. The second-order valence-corrected chi connectivity index (χ2v) is 7.79. The highest BCUT2D eigenvalue weighted by Crippen LogP contribution is 2.22. The largest absolute Gasteiger partial charge is 0.338 e. The lowest BCUT2D eigenvalue weighted by Gasteiger charge is -2.22. The first-order chi connectivity index (χ1) is 12.1. The zero-order valence-electron chi connectivity index (χ0n) is 15.2. The van der Waals surface area contributed by atoms with E-state index in [0.29, 0.717) is 5.92 Å². The summed E-state index contributed by atoms with van der Waals surface area (Å²) < 4.78 is 0. The molecule has 0 unspecified atom stereocenters. The van der Waals surface area contributed by atoms with Crippen LogP contribution in [-0.2, 0) is 13.0 Å². The van der Waals surface area contributed by atoms with Crippen LogP contribution in [0.25, 0.3) is 0 Å². The van der Waals surface area contributed by atoms with E-state index >= 15 is 0 Å². The monoisotopic (exact) mass is 358 g/mol. The van der Waals surface area contributed by atoms with Gasteiger partial charge in [0.1, 0.15) is 0 Å². The summed E-state index contributed by atoms with van der Waals surface area (Å²) in [4.78, 5) is 27.0. The highest BCUT2D eigenvalue weighted by molar-refractivity contribution is 7.09. The highest BCUT2D eigenvalue weighted by atomic mass is 32.1. The third-order valence-corrected chi connectivity index (χ3v) is 5.84. The maximum atomic E-state index is 12.8. The predicted molar refractivity (Wildman–Crippen MR) is 101 cm³/mol.